The Kier molecular flexibility index (Phi) is 6.39. The van der Waals surface area contributed by atoms with Crippen molar-refractivity contribution < 1.29 is 15.3 Å². The molecule has 2 aromatic carbocycles. The average molecular weight is 312 g/mol. The highest BCUT2D eigenvalue weighted by atomic mass is 16.3. The minimum Gasteiger partial charge on any atom is -0.507 e. The molecule has 23 heavy (non-hydrogen) atoms. The van der Waals surface area contributed by atoms with Crippen LogP contribution in [0.3, 0.4) is 0 Å². The number of hydrogen-bond donors (Lipinski definition) is 3. The molecule has 3 heteroatoms. The molecule has 0 aromatic heterocycles. The Balaban J connectivity index is 2.21. The fourth-order valence-corrected chi connectivity index (χ4v) is 2.65. The monoisotopic (exact) mass is 312 g/mol. The Morgan fingerprint density at radius 1 is 1.13 bits per heavy atom. The van der Waals surface area contributed by atoms with Crippen LogP contribution in [0.5, 0.6) is 5.75 Å². The predicted octanol–water partition coefficient (Wildman–Crippen LogP) is 4.03. The summed E-state index contributed by atoms with van der Waals surface area (Å²) in [5.74, 6) is 0.292. The van der Waals surface area contributed by atoms with Crippen molar-refractivity contribution in [3.8, 4) is 5.75 Å². The molecule has 0 spiro atoms. The van der Waals surface area contributed by atoms with Gasteiger partial charge in [-0.05, 0) is 36.3 Å². The first-order chi connectivity index (χ1) is 11.2. The van der Waals surface area contributed by atoms with E-state index >= 15 is 0 Å². The van der Waals surface area contributed by atoms with E-state index in [0.29, 0.717) is 12.2 Å². The van der Waals surface area contributed by atoms with Crippen molar-refractivity contribution in [2.75, 3.05) is 6.61 Å². The molecule has 0 saturated heterocycles. The first kappa shape index (κ1) is 17.3. The van der Waals surface area contributed by atoms with E-state index in [4.69, 9.17) is 5.11 Å². The Labute approximate surface area is 137 Å². The molecular formula is C20H24O3. The van der Waals surface area contributed by atoms with Gasteiger partial charge in [0.15, 0.2) is 0 Å². The van der Waals surface area contributed by atoms with Crippen LogP contribution in [0.25, 0.3) is 16.8 Å². The lowest BCUT2D eigenvalue weighted by Crippen LogP contribution is -2.02. The van der Waals surface area contributed by atoms with Gasteiger partial charge in [-0.15, -0.1) is 0 Å². The summed E-state index contributed by atoms with van der Waals surface area (Å²) in [7, 11) is 0. The zero-order valence-electron chi connectivity index (χ0n) is 13.4. The predicted molar refractivity (Wildman–Crippen MR) is 95.3 cm³/mol. The van der Waals surface area contributed by atoms with Crippen LogP contribution in [0, 0.1) is 0 Å². The summed E-state index contributed by atoms with van der Waals surface area (Å²) in [6.45, 7) is 2.05. The number of hydrogen-bond acceptors (Lipinski definition) is 3. The molecule has 0 aliphatic carbocycles. The molecule has 0 aliphatic rings. The van der Waals surface area contributed by atoms with Crippen molar-refractivity contribution in [1.29, 1.82) is 0 Å². The average Bonchev–Trinajstić information content (AvgIpc) is 2.58. The molecule has 0 saturated carbocycles. The highest BCUT2D eigenvalue weighted by Crippen LogP contribution is 2.29. The molecule has 3 nitrogen and oxygen atoms in total. The third-order valence-electron chi connectivity index (χ3n) is 3.97. The summed E-state index contributed by atoms with van der Waals surface area (Å²) < 4.78 is 0. The molecule has 2 rings (SSSR count). The Morgan fingerprint density at radius 3 is 2.57 bits per heavy atom. The normalized spacial score (nSPS) is 13.8. The SMILES string of the molecule is CC/C(=C\c1ccc(O)c2ccccc12)CC[C@@H](O)/C=C\CO. The van der Waals surface area contributed by atoms with E-state index in [1.165, 1.54) is 5.57 Å². The molecule has 2 aromatic rings. The number of fused-ring (bicyclic) bond motifs is 1. The van der Waals surface area contributed by atoms with Crippen molar-refractivity contribution in [3.63, 3.8) is 0 Å². The van der Waals surface area contributed by atoms with Crippen molar-refractivity contribution in [3.05, 3.63) is 59.7 Å². The Hall–Kier alpha value is -2.10. The van der Waals surface area contributed by atoms with Gasteiger partial charge in [-0.2, -0.15) is 0 Å². The van der Waals surface area contributed by atoms with Crippen LogP contribution in [0.4, 0.5) is 0 Å². The minimum atomic E-state index is -0.534. The zero-order chi connectivity index (χ0) is 16.7. The number of aliphatic hydroxyl groups is 2. The lowest BCUT2D eigenvalue weighted by molar-refractivity contribution is 0.211. The van der Waals surface area contributed by atoms with Gasteiger partial charge in [0.2, 0.25) is 0 Å². The number of allylic oxidation sites excluding steroid dienone is 1. The largest absolute Gasteiger partial charge is 0.507 e. The third-order valence-corrected chi connectivity index (χ3v) is 3.97. The molecule has 0 amide bonds. The van der Waals surface area contributed by atoms with Gasteiger partial charge in [0.05, 0.1) is 12.7 Å². The first-order valence-electron chi connectivity index (χ1n) is 8.01. The lowest BCUT2D eigenvalue weighted by atomic mass is 9.98. The molecule has 1 atom stereocenters. The lowest BCUT2D eigenvalue weighted by Gasteiger charge is -2.10. The van der Waals surface area contributed by atoms with E-state index in [0.717, 1.165) is 29.2 Å². The molecule has 0 bridgehead atoms. The number of phenols is 1. The second kappa shape index (κ2) is 8.51. The smallest absolute Gasteiger partial charge is 0.123 e. The maximum absolute atomic E-state index is 9.96. The van der Waals surface area contributed by atoms with E-state index in [1.54, 1.807) is 18.2 Å². The number of phenolic OH excluding ortho intramolecular Hbond substituents is 1. The second-order valence-corrected chi connectivity index (χ2v) is 5.59. The van der Waals surface area contributed by atoms with Crippen molar-refractivity contribution >= 4 is 16.8 Å². The third kappa shape index (κ3) is 4.68. The van der Waals surface area contributed by atoms with Crippen molar-refractivity contribution in [2.45, 2.75) is 32.3 Å². The topological polar surface area (TPSA) is 60.7 Å². The zero-order valence-corrected chi connectivity index (χ0v) is 13.4. The Morgan fingerprint density at radius 2 is 1.87 bits per heavy atom. The molecule has 0 fully saturated rings. The second-order valence-electron chi connectivity index (χ2n) is 5.59. The van der Waals surface area contributed by atoms with Crippen LogP contribution in [-0.2, 0) is 0 Å². The number of aliphatic hydroxyl groups excluding tert-OH is 2. The van der Waals surface area contributed by atoms with Crippen LogP contribution in [-0.4, -0.2) is 28.0 Å². The van der Waals surface area contributed by atoms with Gasteiger partial charge < -0.3 is 15.3 Å². The van der Waals surface area contributed by atoms with E-state index in [1.807, 2.05) is 30.3 Å². The van der Waals surface area contributed by atoms with Gasteiger partial charge in [-0.25, -0.2) is 0 Å². The van der Waals surface area contributed by atoms with E-state index < -0.39 is 6.10 Å². The van der Waals surface area contributed by atoms with Gasteiger partial charge in [0.25, 0.3) is 0 Å². The van der Waals surface area contributed by atoms with E-state index in [9.17, 15) is 10.2 Å². The van der Waals surface area contributed by atoms with E-state index in [-0.39, 0.29) is 6.61 Å². The molecule has 122 valence electrons. The number of aromatic hydroxyl groups is 1. The fraction of sp³-hybridized carbons (Fsp3) is 0.300. The van der Waals surface area contributed by atoms with Crippen LogP contribution in [0.15, 0.2) is 54.1 Å². The molecule has 0 radical (unpaired) electrons. The Bertz CT molecular complexity index is 701. The molecular weight excluding hydrogens is 288 g/mol. The number of benzene rings is 2. The van der Waals surface area contributed by atoms with Crippen molar-refractivity contribution in [1.82, 2.24) is 0 Å². The summed E-state index contributed by atoms with van der Waals surface area (Å²) in [4.78, 5) is 0. The highest BCUT2D eigenvalue weighted by molar-refractivity contribution is 5.94. The summed E-state index contributed by atoms with van der Waals surface area (Å²) in [5.41, 5.74) is 2.33. The fourth-order valence-electron chi connectivity index (χ4n) is 2.65. The van der Waals surface area contributed by atoms with Crippen LogP contribution in [0.1, 0.15) is 31.7 Å². The van der Waals surface area contributed by atoms with E-state index in [2.05, 4.69) is 13.0 Å². The summed E-state index contributed by atoms with van der Waals surface area (Å²) in [6.07, 6.45) is 7.13. The number of rotatable bonds is 7. The minimum absolute atomic E-state index is 0.0486. The standard InChI is InChI=1S/C20H24O3/c1-2-15(9-11-17(22)6-5-13-21)14-16-10-12-20(23)19-8-4-3-7-18(16)19/h3-8,10,12,14,17,21-23H,2,9,11,13H2,1H3/b6-5-,15-14+/t17-/m0/s1. The molecule has 0 aliphatic heterocycles. The summed E-state index contributed by atoms with van der Waals surface area (Å²) in [6, 6.07) is 11.5. The molecule has 3 N–H and O–H groups in total. The molecule has 0 heterocycles. The maximum atomic E-state index is 9.96. The van der Waals surface area contributed by atoms with Gasteiger partial charge in [-0.1, -0.05) is 61.1 Å². The van der Waals surface area contributed by atoms with Crippen LogP contribution >= 0.6 is 0 Å². The van der Waals surface area contributed by atoms with Gasteiger partial charge in [0.1, 0.15) is 5.75 Å². The first-order valence-corrected chi connectivity index (χ1v) is 8.01. The van der Waals surface area contributed by atoms with Gasteiger partial charge in [-0.3, -0.25) is 0 Å². The van der Waals surface area contributed by atoms with Gasteiger partial charge in [0, 0.05) is 5.39 Å². The van der Waals surface area contributed by atoms with Crippen molar-refractivity contribution in [2.24, 2.45) is 0 Å². The van der Waals surface area contributed by atoms with Crippen LogP contribution in [0.2, 0.25) is 0 Å². The summed E-state index contributed by atoms with van der Waals surface area (Å²) in [5, 5.41) is 30.4. The van der Waals surface area contributed by atoms with Crippen LogP contribution < -0.4 is 0 Å². The van der Waals surface area contributed by atoms with Gasteiger partial charge >= 0.3 is 0 Å². The molecule has 0 unspecified atom stereocenters. The summed E-state index contributed by atoms with van der Waals surface area (Å²) >= 11 is 0. The quantitative estimate of drug-likeness (QED) is 0.677. The highest BCUT2D eigenvalue weighted by Gasteiger charge is 2.06. The maximum Gasteiger partial charge on any atom is 0.123 e.